The summed E-state index contributed by atoms with van der Waals surface area (Å²) in [6.07, 6.45) is 3.54. The molecule has 4 rings (SSSR count). The van der Waals surface area contributed by atoms with Crippen molar-refractivity contribution in [3.8, 4) is 0 Å². The number of hydrogen-bond donors (Lipinski definition) is 2. The lowest BCUT2D eigenvalue weighted by Crippen LogP contribution is -2.56. The van der Waals surface area contributed by atoms with E-state index in [1.807, 2.05) is 13.8 Å². The Labute approximate surface area is 171 Å². The van der Waals surface area contributed by atoms with E-state index in [9.17, 15) is 14.7 Å². The molecule has 3 heterocycles. The largest absolute Gasteiger partial charge is 0.477 e. The van der Waals surface area contributed by atoms with E-state index in [2.05, 4.69) is 10.1 Å². The fraction of sp³-hybridized carbons (Fsp3) is 0.500. The van der Waals surface area contributed by atoms with Gasteiger partial charge < -0.3 is 25.1 Å². The molecule has 0 bridgehead atoms. The molecule has 1 atom stereocenters. The number of aromatic nitrogens is 2. The third-order valence-corrected chi connectivity index (χ3v) is 5.61. The van der Waals surface area contributed by atoms with E-state index in [1.54, 1.807) is 9.47 Å². The zero-order chi connectivity index (χ0) is 21.6. The van der Waals surface area contributed by atoms with Gasteiger partial charge >= 0.3 is 5.97 Å². The molecule has 2 aromatic rings. The van der Waals surface area contributed by atoms with E-state index in [-0.39, 0.29) is 35.0 Å². The van der Waals surface area contributed by atoms with Gasteiger partial charge in [-0.2, -0.15) is 0 Å². The van der Waals surface area contributed by atoms with Crippen LogP contribution in [-0.4, -0.2) is 51.6 Å². The smallest absolute Gasteiger partial charge is 0.341 e. The third kappa shape index (κ3) is 3.51. The number of carboxylic acids is 1. The van der Waals surface area contributed by atoms with E-state index in [0.717, 1.165) is 18.9 Å². The van der Waals surface area contributed by atoms with Gasteiger partial charge in [0.05, 0.1) is 23.2 Å². The van der Waals surface area contributed by atoms with Crippen LogP contribution in [0.3, 0.4) is 0 Å². The summed E-state index contributed by atoms with van der Waals surface area (Å²) in [6.45, 7) is 4.75. The monoisotopic (exact) mass is 417 g/mol. The number of hydrogen-bond acceptors (Lipinski definition) is 7. The number of carboxylic acid groups (broad SMARTS) is 1. The van der Waals surface area contributed by atoms with Crippen LogP contribution < -0.4 is 16.1 Å². The molecule has 0 aromatic carbocycles. The van der Waals surface area contributed by atoms with Crippen LogP contribution in [0.5, 0.6) is 0 Å². The van der Waals surface area contributed by atoms with E-state index >= 15 is 4.39 Å². The Morgan fingerprint density at radius 3 is 2.87 bits per heavy atom. The van der Waals surface area contributed by atoms with Crippen LogP contribution in [0.15, 0.2) is 22.2 Å². The number of pyridine rings is 2. The van der Waals surface area contributed by atoms with Crippen LogP contribution in [-0.2, 0) is 4.84 Å². The topological polar surface area (TPSA) is 123 Å². The van der Waals surface area contributed by atoms with Crippen molar-refractivity contribution < 1.29 is 19.1 Å². The van der Waals surface area contributed by atoms with Gasteiger partial charge in [0.2, 0.25) is 5.43 Å². The molecule has 1 aliphatic carbocycles. The van der Waals surface area contributed by atoms with Crippen molar-refractivity contribution >= 4 is 28.5 Å². The molecule has 1 saturated carbocycles. The second-order valence-electron chi connectivity index (χ2n) is 8.03. The summed E-state index contributed by atoms with van der Waals surface area (Å²) < 4.78 is 16.7. The summed E-state index contributed by atoms with van der Waals surface area (Å²) in [5.41, 5.74) is 5.39. The molecule has 1 aliphatic heterocycles. The quantitative estimate of drug-likeness (QED) is 0.712. The Hall–Kier alpha value is -3.01. The maximum absolute atomic E-state index is 15.0. The van der Waals surface area contributed by atoms with Gasteiger partial charge in [0.25, 0.3) is 0 Å². The fourth-order valence-electron chi connectivity index (χ4n) is 3.65. The highest BCUT2D eigenvalue weighted by Gasteiger charge is 2.35. The number of halogens is 1. The first-order chi connectivity index (χ1) is 14.2. The zero-order valence-corrected chi connectivity index (χ0v) is 16.9. The van der Waals surface area contributed by atoms with Crippen LogP contribution in [0.4, 0.5) is 10.2 Å². The van der Waals surface area contributed by atoms with Crippen LogP contribution in [0.1, 0.15) is 49.5 Å². The van der Waals surface area contributed by atoms with Crippen molar-refractivity contribution in [3.63, 3.8) is 0 Å². The molecular formula is C20H24FN5O4. The van der Waals surface area contributed by atoms with E-state index < -0.39 is 22.8 Å². The third-order valence-electron chi connectivity index (χ3n) is 5.61. The van der Waals surface area contributed by atoms with Crippen LogP contribution >= 0.6 is 0 Å². The highest BCUT2D eigenvalue weighted by molar-refractivity contribution is 5.97. The first-order valence-corrected chi connectivity index (χ1v) is 9.94. The van der Waals surface area contributed by atoms with Crippen LogP contribution in [0.2, 0.25) is 0 Å². The lowest BCUT2D eigenvalue weighted by molar-refractivity contribution is 0.0695. The Morgan fingerprint density at radius 2 is 2.23 bits per heavy atom. The number of carbonyl (C=O) groups is 1. The molecule has 1 unspecified atom stereocenters. The molecule has 0 spiro atoms. The fourth-order valence-corrected chi connectivity index (χ4v) is 3.65. The Morgan fingerprint density at radius 1 is 1.50 bits per heavy atom. The standard InChI is InChI=1S/C20H24FN5O4/c1-3-30-24-15-10-25(7-6-20(15,2)22)18-14(21)8-12-16(27)13(19(28)29)9-26(11-4-5-11)17(12)23-18/h8-9,11H,3-7,10,22H2,1-2H3,(H,28,29)/b24-15+. The lowest BCUT2D eigenvalue weighted by atomic mass is 9.89. The molecule has 3 N–H and O–H groups in total. The van der Waals surface area contributed by atoms with Crippen molar-refractivity contribution in [2.75, 3.05) is 24.6 Å². The molecule has 2 fully saturated rings. The molecule has 160 valence electrons. The van der Waals surface area contributed by atoms with Gasteiger partial charge in [-0.3, -0.25) is 4.79 Å². The van der Waals surface area contributed by atoms with Crippen molar-refractivity contribution in [2.45, 2.75) is 44.7 Å². The second kappa shape index (κ2) is 7.35. The van der Waals surface area contributed by atoms with Gasteiger partial charge in [-0.05, 0) is 39.2 Å². The summed E-state index contributed by atoms with van der Waals surface area (Å²) in [6, 6.07) is 1.14. The summed E-state index contributed by atoms with van der Waals surface area (Å²) in [5.74, 6) is -1.95. The van der Waals surface area contributed by atoms with E-state index in [1.165, 1.54) is 6.20 Å². The summed E-state index contributed by atoms with van der Waals surface area (Å²) >= 11 is 0. The highest BCUT2D eigenvalue weighted by atomic mass is 19.1. The van der Waals surface area contributed by atoms with Gasteiger partial charge in [0.15, 0.2) is 11.6 Å². The average Bonchev–Trinajstić information content (AvgIpc) is 3.52. The number of anilines is 1. The molecule has 1 saturated heterocycles. The maximum atomic E-state index is 15.0. The minimum absolute atomic E-state index is 0.0353. The molecule has 2 aliphatic rings. The van der Waals surface area contributed by atoms with Gasteiger partial charge in [-0.15, -0.1) is 0 Å². The molecular weight excluding hydrogens is 393 g/mol. The Bertz CT molecular complexity index is 1110. The molecule has 0 amide bonds. The number of rotatable bonds is 5. The van der Waals surface area contributed by atoms with Crippen molar-refractivity contribution in [1.82, 2.24) is 9.55 Å². The minimum Gasteiger partial charge on any atom is -0.477 e. The SMILES string of the molecule is CCO/N=C1\CN(c2nc3c(cc2F)c(=O)c(C(=O)O)cn3C2CC2)CCC1(C)N. The van der Waals surface area contributed by atoms with Crippen molar-refractivity contribution in [1.29, 1.82) is 0 Å². The number of nitrogens with zero attached hydrogens (tertiary/aromatic N) is 4. The number of nitrogens with two attached hydrogens (primary N) is 1. The van der Waals surface area contributed by atoms with Gasteiger partial charge in [-0.1, -0.05) is 5.16 Å². The number of aromatic carboxylic acids is 1. The van der Waals surface area contributed by atoms with Gasteiger partial charge in [-0.25, -0.2) is 14.2 Å². The van der Waals surface area contributed by atoms with Crippen molar-refractivity contribution in [3.05, 3.63) is 33.9 Å². The predicted molar refractivity (Wildman–Crippen MR) is 110 cm³/mol. The summed E-state index contributed by atoms with van der Waals surface area (Å²) in [4.78, 5) is 35.4. The van der Waals surface area contributed by atoms with Crippen molar-refractivity contribution in [2.24, 2.45) is 10.9 Å². The van der Waals surface area contributed by atoms with Gasteiger partial charge in [0, 0.05) is 18.8 Å². The zero-order valence-electron chi connectivity index (χ0n) is 16.9. The number of oxime groups is 1. The molecule has 2 aromatic heterocycles. The summed E-state index contributed by atoms with van der Waals surface area (Å²) in [5, 5.41) is 13.4. The number of fused-ring (bicyclic) bond motifs is 1. The maximum Gasteiger partial charge on any atom is 0.341 e. The average molecular weight is 417 g/mol. The van der Waals surface area contributed by atoms with Crippen LogP contribution in [0, 0.1) is 5.82 Å². The lowest BCUT2D eigenvalue weighted by Gasteiger charge is -2.38. The highest BCUT2D eigenvalue weighted by Crippen LogP contribution is 2.37. The first-order valence-electron chi connectivity index (χ1n) is 9.94. The first kappa shape index (κ1) is 20.3. The second-order valence-corrected chi connectivity index (χ2v) is 8.03. The minimum atomic E-state index is -1.34. The molecule has 10 heteroatoms. The van der Waals surface area contributed by atoms with Gasteiger partial charge in [0.1, 0.15) is 17.8 Å². The molecule has 9 nitrogen and oxygen atoms in total. The van der Waals surface area contributed by atoms with E-state index in [0.29, 0.717) is 25.3 Å². The normalized spacial score (nSPS) is 23.2. The molecule has 0 radical (unpaired) electrons. The Balaban J connectivity index is 1.82. The number of piperidine rings is 1. The van der Waals surface area contributed by atoms with Crippen LogP contribution in [0.25, 0.3) is 11.0 Å². The summed E-state index contributed by atoms with van der Waals surface area (Å²) in [7, 11) is 0. The van der Waals surface area contributed by atoms with E-state index in [4.69, 9.17) is 10.6 Å². The predicted octanol–water partition coefficient (Wildman–Crippen LogP) is 1.89. The Kier molecular flexibility index (Phi) is 4.97. The molecule has 30 heavy (non-hydrogen) atoms.